The van der Waals surface area contributed by atoms with Crippen molar-refractivity contribution in [2.24, 2.45) is 0 Å². The van der Waals surface area contributed by atoms with Crippen LogP contribution < -0.4 is 10.2 Å². The highest BCUT2D eigenvalue weighted by molar-refractivity contribution is 8.01. The summed E-state index contributed by atoms with van der Waals surface area (Å²) in [5, 5.41) is 5.04. The molecular formula is C27H32N4O2S2. The molecule has 1 aliphatic rings. The molecule has 1 N–H and O–H groups in total. The zero-order valence-corrected chi connectivity index (χ0v) is 22.3. The van der Waals surface area contributed by atoms with Gasteiger partial charge in [0.2, 0.25) is 5.91 Å². The van der Waals surface area contributed by atoms with E-state index < -0.39 is 0 Å². The number of rotatable bonds is 6. The van der Waals surface area contributed by atoms with Gasteiger partial charge in [-0.2, -0.15) is 0 Å². The van der Waals surface area contributed by atoms with Crippen molar-refractivity contribution in [1.82, 2.24) is 9.88 Å². The van der Waals surface area contributed by atoms with Crippen LogP contribution in [0, 0.1) is 6.92 Å². The van der Waals surface area contributed by atoms with Gasteiger partial charge < -0.3 is 15.1 Å². The zero-order valence-electron chi connectivity index (χ0n) is 20.7. The summed E-state index contributed by atoms with van der Waals surface area (Å²) >= 11 is 3.05. The van der Waals surface area contributed by atoms with Crippen LogP contribution in [0.25, 0.3) is 0 Å². The number of nitrogens with one attached hydrogen (secondary N) is 1. The molecule has 6 nitrogen and oxygen atoms in total. The van der Waals surface area contributed by atoms with Crippen LogP contribution in [0.15, 0.2) is 58.3 Å². The monoisotopic (exact) mass is 508 g/mol. The Kier molecular flexibility index (Phi) is 7.82. The molecule has 0 spiro atoms. The van der Waals surface area contributed by atoms with Gasteiger partial charge in [-0.05, 0) is 43.3 Å². The highest BCUT2D eigenvalue weighted by atomic mass is 32.2. The lowest BCUT2D eigenvalue weighted by Gasteiger charge is -2.36. The summed E-state index contributed by atoms with van der Waals surface area (Å²) in [7, 11) is 0. The van der Waals surface area contributed by atoms with E-state index in [-0.39, 0.29) is 17.2 Å². The Morgan fingerprint density at radius 1 is 1.00 bits per heavy atom. The van der Waals surface area contributed by atoms with Gasteiger partial charge in [0.05, 0.1) is 11.4 Å². The van der Waals surface area contributed by atoms with E-state index in [4.69, 9.17) is 0 Å². The molecule has 0 saturated carbocycles. The third-order valence-electron chi connectivity index (χ3n) is 5.96. The van der Waals surface area contributed by atoms with Gasteiger partial charge in [-0.15, -0.1) is 11.3 Å². The minimum Gasteiger partial charge on any atom is -0.368 e. The molecule has 0 bridgehead atoms. The average Bonchev–Trinajstić information content (AvgIpc) is 3.33. The van der Waals surface area contributed by atoms with Crippen LogP contribution in [0.4, 0.5) is 11.4 Å². The number of aromatic nitrogens is 1. The van der Waals surface area contributed by atoms with Crippen molar-refractivity contribution in [3.05, 3.63) is 70.7 Å². The first-order valence-electron chi connectivity index (χ1n) is 11.8. The van der Waals surface area contributed by atoms with Crippen LogP contribution in [-0.2, 0) is 10.2 Å². The van der Waals surface area contributed by atoms with Gasteiger partial charge in [0, 0.05) is 53.9 Å². The van der Waals surface area contributed by atoms with Crippen LogP contribution in [0.5, 0.6) is 0 Å². The molecule has 1 saturated heterocycles. The smallest absolute Gasteiger partial charge is 0.253 e. The van der Waals surface area contributed by atoms with E-state index >= 15 is 0 Å². The second-order valence-corrected chi connectivity index (χ2v) is 11.9. The molecule has 1 fully saturated rings. The lowest BCUT2D eigenvalue weighted by molar-refractivity contribution is -0.113. The molecule has 0 radical (unpaired) electrons. The highest BCUT2D eigenvalue weighted by Gasteiger charge is 2.22. The molecule has 2 heterocycles. The first-order chi connectivity index (χ1) is 16.7. The van der Waals surface area contributed by atoms with E-state index in [2.05, 4.69) is 41.4 Å². The minimum absolute atomic E-state index is 0.0165. The number of amides is 2. The van der Waals surface area contributed by atoms with E-state index in [1.807, 2.05) is 60.4 Å². The summed E-state index contributed by atoms with van der Waals surface area (Å²) in [5.41, 5.74) is 4.84. The summed E-state index contributed by atoms with van der Waals surface area (Å²) in [6.45, 7) is 11.4. The Labute approximate surface area is 215 Å². The largest absolute Gasteiger partial charge is 0.368 e. The fourth-order valence-corrected chi connectivity index (χ4v) is 5.65. The Bertz CT molecular complexity index is 1160. The van der Waals surface area contributed by atoms with E-state index in [1.165, 1.54) is 11.8 Å². The Morgan fingerprint density at radius 3 is 2.26 bits per heavy atom. The second kappa shape index (κ2) is 10.8. The number of hydrogen-bond donors (Lipinski definition) is 1. The number of anilines is 2. The van der Waals surface area contributed by atoms with Crippen LogP contribution in [0.3, 0.4) is 0 Å². The number of thioether (sulfide) groups is 1. The highest BCUT2D eigenvalue weighted by Crippen LogP contribution is 2.29. The van der Waals surface area contributed by atoms with Crippen LogP contribution in [0.1, 0.15) is 42.4 Å². The molecule has 1 aliphatic heterocycles. The van der Waals surface area contributed by atoms with Crippen molar-refractivity contribution in [1.29, 1.82) is 0 Å². The number of carbonyl (C=O) groups excluding carboxylic acids is 2. The quantitative estimate of drug-likeness (QED) is 0.449. The molecule has 4 rings (SSSR count). The van der Waals surface area contributed by atoms with Crippen LogP contribution >= 0.6 is 23.1 Å². The van der Waals surface area contributed by atoms with E-state index in [0.717, 1.165) is 45.6 Å². The topological polar surface area (TPSA) is 65.5 Å². The summed E-state index contributed by atoms with van der Waals surface area (Å²) < 4.78 is 0.917. The van der Waals surface area contributed by atoms with Crippen molar-refractivity contribution in [3.63, 3.8) is 0 Å². The Hall–Kier alpha value is -2.84. The van der Waals surface area contributed by atoms with Crippen molar-refractivity contribution in [2.45, 2.75) is 37.4 Å². The first-order valence-corrected chi connectivity index (χ1v) is 13.7. The molecule has 1 aromatic heterocycles. The van der Waals surface area contributed by atoms with Gasteiger partial charge in [0.1, 0.15) is 0 Å². The van der Waals surface area contributed by atoms with Crippen LogP contribution in [-0.4, -0.2) is 53.6 Å². The van der Waals surface area contributed by atoms with E-state index in [9.17, 15) is 9.59 Å². The molecule has 0 atom stereocenters. The van der Waals surface area contributed by atoms with E-state index in [0.29, 0.717) is 18.8 Å². The number of thiazole rings is 1. The van der Waals surface area contributed by atoms with Gasteiger partial charge in [-0.1, -0.05) is 50.2 Å². The van der Waals surface area contributed by atoms with E-state index in [1.54, 1.807) is 11.3 Å². The van der Waals surface area contributed by atoms with Crippen LogP contribution in [0.2, 0.25) is 0 Å². The molecule has 8 heteroatoms. The molecule has 2 aromatic carbocycles. The van der Waals surface area contributed by atoms with Gasteiger partial charge >= 0.3 is 0 Å². The second-order valence-electron chi connectivity index (χ2n) is 9.78. The number of piperazine rings is 1. The predicted molar refractivity (Wildman–Crippen MR) is 146 cm³/mol. The number of hydrogen-bond acceptors (Lipinski definition) is 6. The summed E-state index contributed by atoms with van der Waals surface area (Å²) in [6, 6.07) is 15.7. The minimum atomic E-state index is -0.0431. The van der Waals surface area contributed by atoms with Crippen molar-refractivity contribution in [2.75, 3.05) is 42.1 Å². The van der Waals surface area contributed by atoms with Crippen molar-refractivity contribution < 1.29 is 9.59 Å². The normalized spacial score (nSPS) is 14.2. The fourth-order valence-electron chi connectivity index (χ4n) is 3.79. The number of nitrogens with zero attached hydrogens (tertiary/aromatic N) is 3. The van der Waals surface area contributed by atoms with Crippen molar-refractivity contribution >= 4 is 46.3 Å². The maximum Gasteiger partial charge on any atom is 0.253 e. The average molecular weight is 509 g/mol. The number of carbonyl (C=O) groups is 2. The fraction of sp³-hybridized carbons (Fsp3) is 0.370. The summed E-state index contributed by atoms with van der Waals surface area (Å²) in [4.78, 5) is 34.0. The maximum atomic E-state index is 12.8. The molecule has 0 unspecified atom stereocenters. The van der Waals surface area contributed by atoms with Gasteiger partial charge in [0.25, 0.3) is 5.91 Å². The molecule has 35 heavy (non-hydrogen) atoms. The summed E-state index contributed by atoms with van der Waals surface area (Å²) in [5.74, 6) is 0.377. The lowest BCUT2D eigenvalue weighted by atomic mass is 9.93. The molecule has 184 valence electrons. The van der Waals surface area contributed by atoms with Gasteiger partial charge in [-0.25, -0.2) is 4.98 Å². The number of aryl methyl sites for hydroxylation is 1. The van der Waals surface area contributed by atoms with Gasteiger partial charge in [-0.3, -0.25) is 9.59 Å². The molecule has 0 aliphatic carbocycles. The Balaban J connectivity index is 1.24. The van der Waals surface area contributed by atoms with Gasteiger partial charge in [0.15, 0.2) is 4.34 Å². The van der Waals surface area contributed by atoms with Crippen molar-refractivity contribution in [3.8, 4) is 0 Å². The third-order valence-corrected chi connectivity index (χ3v) is 7.98. The lowest BCUT2D eigenvalue weighted by Crippen LogP contribution is -2.48. The molecular weight excluding hydrogens is 476 g/mol. The Morgan fingerprint density at radius 2 is 1.66 bits per heavy atom. The molecule has 3 aromatic rings. The first kappa shape index (κ1) is 25.3. The standard InChI is InChI=1S/C27H32N4O2S2/c1-19-5-7-20(8-6-19)25(33)31-15-13-30(14-16-31)22-11-9-21(10-12-22)28-24(32)18-35-26-29-23(17-34-26)27(2,3)4/h5-12,17H,13-16,18H2,1-4H3,(H,28,32). The number of benzene rings is 2. The summed E-state index contributed by atoms with van der Waals surface area (Å²) in [6.07, 6.45) is 0. The SMILES string of the molecule is Cc1ccc(C(=O)N2CCN(c3ccc(NC(=O)CSc4nc(C(C)(C)C)cs4)cc3)CC2)cc1. The maximum absolute atomic E-state index is 12.8. The zero-order chi connectivity index (χ0) is 25.0. The molecule has 2 amide bonds. The predicted octanol–water partition coefficient (Wildman–Crippen LogP) is 5.44. The third kappa shape index (κ3) is 6.64.